The van der Waals surface area contributed by atoms with Crippen molar-refractivity contribution in [2.24, 2.45) is 5.92 Å². The lowest BCUT2D eigenvalue weighted by atomic mass is 10.1. The van der Waals surface area contributed by atoms with E-state index in [1.165, 1.54) is 11.3 Å². The van der Waals surface area contributed by atoms with E-state index in [1.54, 1.807) is 0 Å². The molecule has 0 saturated carbocycles. The molecule has 0 fully saturated rings. The molecule has 0 aliphatic heterocycles. The molecule has 0 aliphatic carbocycles. The second kappa shape index (κ2) is 7.46. The van der Waals surface area contributed by atoms with E-state index in [0.717, 1.165) is 10.2 Å². The molecule has 25 heavy (non-hydrogen) atoms. The number of nitrogens with zero attached hydrogens (tertiary/aromatic N) is 1. The second-order valence-corrected chi connectivity index (χ2v) is 16.4. The van der Waals surface area contributed by atoms with Gasteiger partial charge in [-0.3, -0.25) is 0 Å². The van der Waals surface area contributed by atoms with Crippen LogP contribution >= 0.6 is 11.3 Å². The standard InChI is InChI=1S/C18H29NO3S2Si/c1-14(13-22-25(5,6)18(2,3)4)11-12-24(20,21)17-19-15-9-7-8-10-16(15)23-17/h7-10,14H,11-13H2,1-6H3/t14-/m1/s1. The van der Waals surface area contributed by atoms with Crippen molar-refractivity contribution in [3.63, 3.8) is 0 Å². The number of thiazole rings is 1. The van der Waals surface area contributed by atoms with Gasteiger partial charge in [0.1, 0.15) is 0 Å². The number of sulfone groups is 1. The predicted octanol–water partition coefficient (Wildman–Crippen LogP) is 5.12. The van der Waals surface area contributed by atoms with Crippen LogP contribution in [0, 0.1) is 5.92 Å². The van der Waals surface area contributed by atoms with Gasteiger partial charge in [0.25, 0.3) is 0 Å². The molecule has 1 heterocycles. The van der Waals surface area contributed by atoms with E-state index in [-0.39, 0.29) is 21.0 Å². The third-order valence-corrected chi connectivity index (χ3v) is 12.7. The lowest BCUT2D eigenvalue weighted by Crippen LogP contribution is -2.41. The fraction of sp³-hybridized carbons (Fsp3) is 0.611. The molecule has 2 aromatic rings. The highest BCUT2D eigenvalue weighted by molar-refractivity contribution is 7.93. The first-order valence-corrected chi connectivity index (χ1v) is 14.0. The van der Waals surface area contributed by atoms with Gasteiger partial charge in [-0.15, -0.1) is 11.3 Å². The highest BCUT2D eigenvalue weighted by Crippen LogP contribution is 2.37. The fourth-order valence-electron chi connectivity index (χ4n) is 2.08. The molecule has 0 N–H and O–H groups in total. The zero-order chi connectivity index (χ0) is 18.9. The Bertz CT molecular complexity index is 789. The Kier molecular flexibility index (Phi) is 6.13. The molecule has 0 amide bonds. The molecular formula is C18H29NO3S2Si. The van der Waals surface area contributed by atoms with Crippen LogP contribution in [0.4, 0.5) is 0 Å². The summed E-state index contributed by atoms with van der Waals surface area (Å²) in [6.07, 6.45) is 0.590. The Morgan fingerprint density at radius 3 is 2.48 bits per heavy atom. The molecular weight excluding hydrogens is 370 g/mol. The molecule has 4 nitrogen and oxygen atoms in total. The number of fused-ring (bicyclic) bond motifs is 1. The molecule has 1 atom stereocenters. The summed E-state index contributed by atoms with van der Waals surface area (Å²) in [6.45, 7) is 13.7. The Morgan fingerprint density at radius 1 is 1.24 bits per heavy atom. The average molecular weight is 400 g/mol. The van der Waals surface area contributed by atoms with E-state index in [0.29, 0.717) is 13.0 Å². The second-order valence-electron chi connectivity index (χ2n) is 8.23. The minimum absolute atomic E-state index is 0.120. The monoisotopic (exact) mass is 399 g/mol. The van der Waals surface area contributed by atoms with Crippen molar-refractivity contribution in [2.45, 2.75) is 56.6 Å². The molecule has 0 aliphatic rings. The van der Waals surface area contributed by atoms with Gasteiger partial charge >= 0.3 is 0 Å². The number of benzene rings is 1. The van der Waals surface area contributed by atoms with Gasteiger partial charge in [0.2, 0.25) is 14.2 Å². The Balaban J connectivity index is 1.95. The van der Waals surface area contributed by atoms with Crippen molar-refractivity contribution in [2.75, 3.05) is 12.4 Å². The average Bonchev–Trinajstić information content (AvgIpc) is 2.95. The number of aromatic nitrogens is 1. The smallest absolute Gasteiger partial charge is 0.210 e. The largest absolute Gasteiger partial charge is 0.417 e. The summed E-state index contributed by atoms with van der Waals surface area (Å²) in [7, 11) is -5.12. The molecule has 7 heteroatoms. The number of hydrogen-bond donors (Lipinski definition) is 0. The zero-order valence-corrected chi connectivity index (χ0v) is 18.6. The first-order chi connectivity index (χ1) is 11.4. The van der Waals surface area contributed by atoms with Crippen LogP contribution in [0.5, 0.6) is 0 Å². The normalized spacial score (nSPS) is 14.8. The minimum Gasteiger partial charge on any atom is -0.417 e. The molecule has 0 bridgehead atoms. The summed E-state index contributed by atoms with van der Waals surface area (Å²) >= 11 is 1.25. The third kappa shape index (κ3) is 5.12. The maximum Gasteiger partial charge on any atom is 0.210 e. The maximum atomic E-state index is 12.6. The van der Waals surface area contributed by atoms with Crippen molar-refractivity contribution < 1.29 is 12.8 Å². The van der Waals surface area contributed by atoms with Gasteiger partial charge in [-0.25, -0.2) is 13.4 Å². The van der Waals surface area contributed by atoms with Gasteiger partial charge < -0.3 is 4.43 Å². The van der Waals surface area contributed by atoms with Gasteiger partial charge in [-0.05, 0) is 42.6 Å². The summed E-state index contributed by atoms with van der Waals surface area (Å²) in [5.74, 6) is 0.327. The first kappa shape index (κ1) is 20.5. The zero-order valence-electron chi connectivity index (χ0n) is 16.0. The van der Waals surface area contributed by atoms with Gasteiger partial charge in [0.05, 0.1) is 16.0 Å². The lowest BCUT2D eigenvalue weighted by Gasteiger charge is -2.37. The van der Waals surface area contributed by atoms with E-state index in [4.69, 9.17) is 4.43 Å². The summed E-state index contributed by atoms with van der Waals surface area (Å²) in [5.41, 5.74) is 0.750. The summed E-state index contributed by atoms with van der Waals surface area (Å²) in [6, 6.07) is 7.53. The van der Waals surface area contributed by atoms with Crippen molar-refractivity contribution in [1.82, 2.24) is 4.98 Å². The van der Waals surface area contributed by atoms with Gasteiger partial charge in [0, 0.05) is 6.61 Å². The molecule has 140 valence electrons. The van der Waals surface area contributed by atoms with Crippen LogP contribution in [0.2, 0.25) is 18.1 Å². The van der Waals surface area contributed by atoms with E-state index < -0.39 is 18.2 Å². The van der Waals surface area contributed by atoms with Crippen LogP contribution in [-0.2, 0) is 14.3 Å². The summed E-state index contributed by atoms with van der Waals surface area (Å²) < 4.78 is 32.5. The van der Waals surface area contributed by atoms with Crippen molar-refractivity contribution >= 4 is 39.7 Å². The van der Waals surface area contributed by atoms with Crippen LogP contribution in [0.1, 0.15) is 34.1 Å². The van der Waals surface area contributed by atoms with E-state index in [9.17, 15) is 8.42 Å². The van der Waals surface area contributed by atoms with Crippen molar-refractivity contribution in [3.05, 3.63) is 24.3 Å². The minimum atomic E-state index is -3.34. The molecule has 0 radical (unpaired) electrons. The number of rotatable bonds is 7. The van der Waals surface area contributed by atoms with E-state index in [2.05, 4.69) is 45.8 Å². The van der Waals surface area contributed by atoms with Crippen LogP contribution in [0.15, 0.2) is 28.6 Å². The van der Waals surface area contributed by atoms with E-state index >= 15 is 0 Å². The molecule has 0 saturated heterocycles. The summed E-state index contributed by atoms with van der Waals surface area (Å²) in [4.78, 5) is 4.29. The molecule has 0 spiro atoms. The molecule has 0 unspecified atom stereocenters. The molecule has 1 aromatic carbocycles. The van der Waals surface area contributed by atoms with Gasteiger partial charge in [-0.2, -0.15) is 0 Å². The highest BCUT2D eigenvalue weighted by Gasteiger charge is 2.37. The van der Waals surface area contributed by atoms with Crippen molar-refractivity contribution in [3.8, 4) is 0 Å². The fourth-order valence-corrected chi connectivity index (χ4v) is 6.06. The quantitative estimate of drug-likeness (QED) is 0.607. The van der Waals surface area contributed by atoms with Crippen LogP contribution in [0.25, 0.3) is 10.2 Å². The van der Waals surface area contributed by atoms with Crippen LogP contribution < -0.4 is 0 Å². The molecule has 1 aromatic heterocycles. The Hall–Kier alpha value is -0.763. The van der Waals surface area contributed by atoms with Crippen LogP contribution in [-0.4, -0.2) is 34.1 Å². The van der Waals surface area contributed by atoms with Gasteiger partial charge in [0.15, 0.2) is 8.32 Å². The van der Waals surface area contributed by atoms with Crippen LogP contribution in [0.3, 0.4) is 0 Å². The Labute approximate surface area is 156 Å². The Morgan fingerprint density at radius 2 is 1.88 bits per heavy atom. The van der Waals surface area contributed by atoms with E-state index in [1.807, 2.05) is 24.3 Å². The SMILES string of the molecule is C[C@H](CCS(=O)(=O)c1nc2ccccc2s1)CO[Si](C)(C)C(C)(C)C. The summed E-state index contributed by atoms with van der Waals surface area (Å²) in [5, 5.41) is 0.166. The predicted molar refractivity (Wildman–Crippen MR) is 109 cm³/mol. The first-order valence-electron chi connectivity index (χ1n) is 8.65. The maximum absolute atomic E-state index is 12.6. The number of para-hydroxylation sites is 1. The topological polar surface area (TPSA) is 56.3 Å². The third-order valence-electron chi connectivity index (χ3n) is 4.95. The number of hydrogen-bond acceptors (Lipinski definition) is 5. The van der Waals surface area contributed by atoms with Gasteiger partial charge in [-0.1, -0.05) is 39.8 Å². The highest BCUT2D eigenvalue weighted by atomic mass is 32.2. The molecule has 2 rings (SSSR count). The lowest BCUT2D eigenvalue weighted by molar-refractivity contribution is 0.235. The van der Waals surface area contributed by atoms with Crippen molar-refractivity contribution in [1.29, 1.82) is 0 Å².